The van der Waals surface area contributed by atoms with Gasteiger partial charge >= 0.3 is 7.82 Å². The summed E-state index contributed by atoms with van der Waals surface area (Å²) in [5.74, 6) is 0.214. The molecule has 4 heterocycles. The molecule has 13 nitrogen and oxygen atoms in total. The van der Waals surface area contributed by atoms with E-state index < -0.39 is 39.2 Å². The van der Waals surface area contributed by atoms with Crippen molar-refractivity contribution in [1.29, 1.82) is 0 Å². The quantitative estimate of drug-likeness (QED) is 0.0953. The average Bonchev–Trinajstić information content (AvgIpc) is 3.30. The van der Waals surface area contributed by atoms with Crippen LogP contribution in [0.25, 0.3) is 11.2 Å². The fraction of sp³-hybridized carbons (Fsp3) is 0.412. The number of hydrogen-bond acceptors (Lipinski definition) is 10. The highest BCUT2D eigenvalue weighted by atomic mass is 127. The number of fused-ring (bicyclic) bond motifs is 1. The number of ether oxygens (including phenoxy) is 1. The summed E-state index contributed by atoms with van der Waals surface area (Å²) in [5.41, 5.74) is 6.86. The fourth-order valence-electron chi connectivity index (χ4n) is 3.29. The number of aryl methyl sites for hydroxylation is 1. The predicted octanol–water partition coefficient (Wildman–Crippen LogP) is -3.29. The Bertz CT molecular complexity index is 1130. The number of aliphatic hydroxyl groups is 2. The first-order chi connectivity index (χ1) is 14.7. The molecule has 0 radical (unpaired) electrons. The number of phosphoric ester groups is 1. The van der Waals surface area contributed by atoms with E-state index in [1.165, 1.54) is 23.3 Å². The van der Waals surface area contributed by atoms with Gasteiger partial charge in [-0.1, -0.05) is 0 Å². The number of rotatable bonds is 7. The fourth-order valence-corrected chi connectivity index (χ4v) is 4.04. The van der Waals surface area contributed by atoms with Crippen molar-refractivity contribution in [1.82, 2.24) is 19.5 Å². The number of halogens is 1. The van der Waals surface area contributed by atoms with Crippen LogP contribution in [0.3, 0.4) is 0 Å². The molecular weight excluding hydrogens is 558 g/mol. The van der Waals surface area contributed by atoms with Gasteiger partial charge < -0.3 is 49.6 Å². The lowest BCUT2D eigenvalue weighted by molar-refractivity contribution is -0.685. The molecule has 0 spiro atoms. The third-order valence-electron chi connectivity index (χ3n) is 4.88. The molecule has 1 saturated heterocycles. The van der Waals surface area contributed by atoms with Crippen LogP contribution in [0.1, 0.15) is 24.6 Å². The van der Waals surface area contributed by atoms with Gasteiger partial charge in [0.1, 0.15) is 31.2 Å². The number of nitrogens with two attached hydrogens (primary N) is 1. The van der Waals surface area contributed by atoms with E-state index in [0.29, 0.717) is 11.2 Å². The minimum atomic E-state index is -4.65. The van der Waals surface area contributed by atoms with Crippen LogP contribution in [-0.4, -0.2) is 53.4 Å². The third-order valence-corrected chi connectivity index (χ3v) is 5.83. The normalized spacial score (nSPS) is 23.6. The first-order valence-electron chi connectivity index (χ1n) is 9.30. The standard InChI is InChI=1S/C17H21N6O7P.HI/c1-22-5-3-2-4-10(22)17(25)30-31(26,27)28-7-12-11(24)6-13(29-12)23-9-21-14-15(18)19-8-20-16(14)23;/h2-5,8-9,11-13,17,24-25H,6-7H2,1H3,(H2-,18,19,20,26,27);1H/t11-,12+,13+,17?;/m0./s1. The van der Waals surface area contributed by atoms with Crippen LogP contribution >= 0.6 is 7.82 Å². The first-order valence-corrected chi connectivity index (χ1v) is 10.8. The maximum absolute atomic E-state index is 12.3. The summed E-state index contributed by atoms with van der Waals surface area (Å²) in [7, 11) is -3.00. The van der Waals surface area contributed by atoms with Crippen molar-refractivity contribution in [3.63, 3.8) is 0 Å². The second-order valence-corrected chi connectivity index (χ2v) is 8.38. The molecule has 5 atom stereocenters. The van der Waals surface area contributed by atoms with E-state index in [0.717, 1.165) is 0 Å². The number of hydrogen-bond donors (Lipinski definition) is 4. The van der Waals surface area contributed by atoms with Crippen LogP contribution in [0.15, 0.2) is 37.1 Å². The van der Waals surface area contributed by atoms with Crippen molar-refractivity contribution >= 4 is 24.8 Å². The number of aliphatic hydroxyl groups excluding tert-OH is 2. The minimum absolute atomic E-state index is 0. The number of nitrogen functional groups attached to an aromatic ring is 1. The molecule has 32 heavy (non-hydrogen) atoms. The van der Waals surface area contributed by atoms with E-state index in [2.05, 4.69) is 15.0 Å². The average molecular weight is 580 g/mol. The molecule has 0 bridgehead atoms. The summed E-state index contributed by atoms with van der Waals surface area (Å²) in [5, 5.41) is 20.4. The Morgan fingerprint density at radius 2 is 2.19 bits per heavy atom. The maximum atomic E-state index is 12.3. The SMILES string of the molecule is C[n+]1ccccc1C(O)OP(=O)(O)OC[C@H]1O[C@@H](n2cnc3c(N)ncnc32)C[C@@H]1O.[I-]. The molecule has 1 fully saturated rings. The highest BCUT2D eigenvalue weighted by Gasteiger charge is 2.39. The van der Waals surface area contributed by atoms with Gasteiger partial charge in [0.05, 0.1) is 19.0 Å². The largest absolute Gasteiger partial charge is 1.00 e. The van der Waals surface area contributed by atoms with Crippen molar-refractivity contribution in [3.05, 3.63) is 42.7 Å². The van der Waals surface area contributed by atoms with Gasteiger partial charge in [-0.15, -0.1) is 0 Å². The Morgan fingerprint density at radius 3 is 2.94 bits per heavy atom. The molecule has 3 aromatic heterocycles. The van der Waals surface area contributed by atoms with E-state index in [4.69, 9.17) is 19.5 Å². The zero-order valence-electron chi connectivity index (χ0n) is 16.8. The van der Waals surface area contributed by atoms with Gasteiger partial charge in [0, 0.05) is 18.6 Å². The van der Waals surface area contributed by atoms with Crippen LogP contribution in [-0.2, 0) is 25.4 Å². The third kappa shape index (κ3) is 5.23. The molecule has 4 rings (SSSR count). The lowest BCUT2D eigenvalue weighted by Gasteiger charge is -2.19. The Hall–Kier alpha value is -1.78. The highest BCUT2D eigenvalue weighted by molar-refractivity contribution is 7.47. The lowest BCUT2D eigenvalue weighted by Crippen LogP contribution is -3.00. The van der Waals surface area contributed by atoms with Gasteiger partial charge in [0.2, 0.25) is 5.69 Å². The molecule has 0 aromatic carbocycles. The Balaban J connectivity index is 0.00000289. The summed E-state index contributed by atoms with van der Waals surface area (Å²) in [6, 6.07) is 4.90. The van der Waals surface area contributed by atoms with Gasteiger partial charge in [-0.05, 0) is 6.07 Å². The molecule has 1 aliphatic heterocycles. The molecule has 3 aromatic rings. The Labute approximate surface area is 199 Å². The number of imidazole rings is 1. The minimum Gasteiger partial charge on any atom is -1.00 e. The van der Waals surface area contributed by atoms with Crippen LogP contribution in [0.4, 0.5) is 5.82 Å². The van der Waals surface area contributed by atoms with Crippen LogP contribution in [0.2, 0.25) is 0 Å². The first kappa shape index (κ1) is 24.9. The van der Waals surface area contributed by atoms with Crippen molar-refractivity contribution < 1.29 is 62.0 Å². The van der Waals surface area contributed by atoms with Crippen LogP contribution in [0, 0.1) is 0 Å². The van der Waals surface area contributed by atoms with Gasteiger partial charge in [0.15, 0.2) is 17.7 Å². The topological polar surface area (TPSA) is 179 Å². The van der Waals surface area contributed by atoms with Crippen molar-refractivity contribution in [2.45, 2.75) is 31.1 Å². The second-order valence-electron chi connectivity index (χ2n) is 6.97. The Kier molecular flexibility index (Phi) is 7.77. The van der Waals surface area contributed by atoms with E-state index in [-0.39, 0.29) is 41.9 Å². The van der Waals surface area contributed by atoms with E-state index in [1.807, 2.05) is 0 Å². The van der Waals surface area contributed by atoms with Crippen molar-refractivity contribution in [2.24, 2.45) is 7.05 Å². The number of nitrogens with zero attached hydrogens (tertiary/aromatic N) is 5. The van der Waals surface area contributed by atoms with Crippen LogP contribution in [0.5, 0.6) is 0 Å². The lowest BCUT2D eigenvalue weighted by atomic mass is 10.2. The van der Waals surface area contributed by atoms with Crippen LogP contribution < -0.4 is 34.3 Å². The van der Waals surface area contributed by atoms with Gasteiger partial charge in [-0.2, -0.15) is 0 Å². The zero-order valence-corrected chi connectivity index (χ0v) is 19.9. The summed E-state index contributed by atoms with van der Waals surface area (Å²) in [4.78, 5) is 22.1. The van der Waals surface area contributed by atoms with Gasteiger partial charge in [-0.3, -0.25) is 9.09 Å². The predicted molar refractivity (Wildman–Crippen MR) is 104 cm³/mol. The number of aromatic nitrogens is 5. The molecule has 15 heteroatoms. The van der Waals surface area contributed by atoms with Crippen molar-refractivity contribution in [2.75, 3.05) is 12.3 Å². The number of anilines is 1. The Morgan fingerprint density at radius 1 is 1.41 bits per heavy atom. The monoisotopic (exact) mass is 580 g/mol. The molecule has 174 valence electrons. The summed E-state index contributed by atoms with van der Waals surface area (Å²) in [6.45, 7) is -0.442. The molecule has 0 amide bonds. The molecule has 5 N–H and O–H groups in total. The molecular formula is C17H22IN6O7P. The molecule has 1 aliphatic rings. The van der Waals surface area contributed by atoms with Crippen molar-refractivity contribution in [3.8, 4) is 0 Å². The molecule has 2 unspecified atom stereocenters. The number of phosphoric acid groups is 1. The zero-order chi connectivity index (χ0) is 22.2. The highest BCUT2D eigenvalue weighted by Crippen LogP contribution is 2.47. The van der Waals surface area contributed by atoms with E-state index in [9.17, 15) is 19.7 Å². The van der Waals surface area contributed by atoms with Gasteiger partial charge in [0.25, 0.3) is 6.29 Å². The smallest absolute Gasteiger partial charge is 0.475 e. The summed E-state index contributed by atoms with van der Waals surface area (Å²) >= 11 is 0. The molecule has 0 saturated carbocycles. The summed E-state index contributed by atoms with van der Waals surface area (Å²) < 4.78 is 30.9. The van der Waals surface area contributed by atoms with E-state index in [1.54, 1.807) is 29.9 Å². The van der Waals surface area contributed by atoms with Gasteiger partial charge in [-0.25, -0.2) is 28.6 Å². The maximum Gasteiger partial charge on any atom is 0.475 e. The number of pyridine rings is 1. The molecule has 0 aliphatic carbocycles. The van der Waals surface area contributed by atoms with E-state index >= 15 is 0 Å². The second kappa shape index (κ2) is 10.0. The summed E-state index contributed by atoms with van der Waals surface area (Å²) in [6.07, 6.45) is 0.331.